The first-order chi connectivity index (χ1) is 17.0. The zero-order chi connectivity index (χ0) is 25.1. The topological polar surface area (TPSA) is 21.3 Å². The molecule has 3 rings (SSSR count). The third-order valence-corrected chi connectivity index (χ3v) is 45.4. The van der Waals surface area contributed by atoms with Crippen LogP contribution in [-0.4, -0.2) is 19.4 Å². The quantitative estimate of drug-likeness (QED) is 0.202. The molecular weight excluding hydrogens is 680 g/mol. The fourth-order valence-corrected chi connectivity index (χ4v) is 42.4. The van der Waals surface area contributed by atoms with Crippen LogP contribution in [0, 0.1) is 5.92 Å². The summed E-state index contributed by atoms with van der Waals surface area (Å²) in [7, 11) is 0. The maximum atomic E-state index is 6.18. The number of hydrogen-bond acceptors (Lipinski definition) is 2. The van der Waals surface area contributed by atoms with Gasteiger partial charge in [-0.05, 0) is 0 Å². The Morgan fingerprint density at radius 1 is 0.838 bits per heavy atom. The third kappa shape index (κ3) is 10.2. The van der Waals surface area contributed by atoms with E-state index in [1.54, 1.807) is 16.7 Å². The number of rotatable bonds is 9. The van der Waals surface area contributed by atoms with Gasteiger partial charge in [0.1, 0.15) is 0 Å². The van der Waals surface area contributed by atoms with Gasteiger partial charge >= 0.3 is 224 Å². The van der Waals surface area contributed by atoms with E-state index in [1.807, 2.05) is 3.33 Å². The van der Waals surface area contributed by atoms with Crippen molar-refractivity contribution in [1.82, 2.24) is 3.30 Å². The van der Waals surface area contributed by atoms with Crippen LogP contribution in [0.1, 0.15) is 105 Å². The minimum absolute atomic E-state index is 0. The maximum absolute atomic E-state index is 6.18. The van der Waals surface area contributed by atoms with Gasteiger partial charge in [-0.1, -0.05) is 0 Å². The van der Waals surface area contributed by atoms with Gasteiger partial charge in [0.2, 0.25) is 0 Å². The molecule has 1 saturated carbocycles. The van der Waals surface area contributed by atoms with Crippen molar-refractivity contribution in [3.05, 3.63) is 50.4 Å². The van der Waals surface area contributed by atoms with Gasteiger partial charge in [0, 0.05) is 0 Å². The Labute approximate surface area is 247 Å². The molecule has 2 unspecified atom stereocenters. The molecule has 0 aromatic heterocycles. The van der Waals surface area contributed by atoms with Crippen LogP contribution in [0.15, 0.2) is 50.4 Å². The number of nitrogens with one attached hydrogen (secondary N) is 1. The van der Waals surface area contributed by atoms with E-state index < -0.39 is 19.4 Å². The van der Waals surface area contributed by atoms with Crippen LogP contribution in [0.4, 0.5) is 0 Å². The standard InChI is InChI=1S/C12H24N.C9H11O.C9H13.CH5Si.2ClH.Hf/c13-12-10-8-6-4-2-1-3-5-7-9-11-12;1-2-8-10-9-6-4-3-5-7-9;1-6-5-7(2)9(4)8(6)3;1-2;;;/h12-13H,1-11H2;3-7H,1-2,8H2;6H,1-4H3;2H2,1H3;2*1H;/q-1;;;;;;+1. The SMILES string of the molecule is C[SiH2][Hf]([CH2]CCOc1ccccc1)([NH]C1CCCCCCCCCCC1)[C]1=C(C)C(C)=C(C)C1C.Cl.Cl. The summed E-state index contributed by atoms with van der Waals surface area (Å²) in [5.74, 6) is 1.69. The average molecular weight is 735 g/mol. The van der Waals surface area contributed by atoms with E-state index in [0.717, 1.165) is 18.4 Å². The van der Waals surface area contributed by atoms with Crippen LogP contribution in [0.2, 0.25) is 10.7 Å². The minimum atomic E-state index is -2.86. The number of ether oxygens (including phenoxy) is 1. The molecule has 1 fully saturated rings. The van der Waals surface area contributed by atoms with E-state index >= 15 is 0 Å². The molecule has 0 aliphatic heterocycles. The smallest absolute Gasteiger partial charge is 0.147 e. The van der Waals surface area contributed by atoms with Crippen molar-refractivity contribution in [2.75, 3.05) is 6.61 Å². The number of hydrogen-bond donors (Lipinski definition) is 1. The Bertz CT molecular complexity index is 835. The normalized spacial score (nSPS) is 22.1. The number of allylic oxidation sites excluding steroid dienone is 4. The van der Waals surface area contributed by atoms with Crippen molar-refractivity contribution in [1.29, 1.82) is 0 Å². The van der Waals surface area contributed by atoms with Crippen molar-refractivity contribution in [3.8, 4) is 5.75 Å². The van der Waals surface area contributed by atoms with Crippen molar-refractivity contribution in [2.45, 2.75) is 122 Å². The Morgan fingerprint density at radius 3 is 1.86 bits per heavy atom. The molecule has 2 aliphatic rings. The van der Waals surface area contributed by atoms with E-state index in [9.17, 15) is 0 Å². The molecule has 2 aliphatic carbocycles. The van der Waals surface area contributed by atoms with E-state index in [1.165, 1.54) is 81.2 Å². The molecule has 1 aromatic carbocycles. The van der Waals surface area contributed by atoms with E-state index in [4.69, 9.17) is 4.74 Å². The van der Waals surface area contributed by atoms with Crippen LogP contribution in [0.5, 0.6) is 5.75 Å². The second-order valence-corrected chi connectivity index (χ2v) is 42.1. The number of para-hydroxylation sites is 1. The largest absolute Gasteiger partial charge is 0.147 e. The van der Waals surface area contributed by atoms with E-state index in [2.05, 4.69) is 67.9 Å². The predicted octanol–water partition coefficient (Wildman–Crippen LogP) is 9.44. The Morgan fingerprint density at radius 2 is 1.38 bits per heavy atom. The first kappa shape index (κ1) is 35.2. The molecule has 0 bridgehead atoms. The monoisotopic (exact) mass is 735 g/mol. The van der Waals surface area contributed by atoms with Crippen molar-refractivity contribution < 1.29 is 24.2 Å². The van der Waals surface area contributed by atoms with Gasteiger partial charge in [-0.2, -0.15) is 0 Å². The predicted molar refractivity (Wildman–Crippen MR) is 168 cm³/mol. The number of benzene rings is 1. The van der Waals surface area contributed by atoms with Crippen molar-refractivity contribution in [3.63, 3.8) is 0 Å². The summed E-state index contributed by atoms with van der Waals surface area (Å²) in [6.07, 6.45) is 17.0. The van der Waals surface area contributed by atoms with E-state index in [-0.39, 0.29) is 31.5 Å². The summed E-state index contributed by atoms with van der Waals surface area (Å²) in [6.45, 7) is 13.1. The van der Waals surface area contributed by atoms with Gasteiger partial charge in [-0.3, -0.25) is 0 Å². The van der Waals surface area contributed by atoms with Gasteiger partial charge in [-0.25, -0.2) is 0 Å². The molecule has 6 heteroatoms. The zero-order valence-corrected chi connectivity index (χ0v) is 31.0. The molecule has 2 atom stereocenters. The Balaban J connectivity index is 0.00000342. The Kier molecular flexibility index (Phi) is 17.5. The van der Waals surface area contributed by atoms with Gasteiger partial charge < -0.3 is 0 Å². The molecule has 212 valence electrons. The summed E-state index contributed by atoms with van der Waals surface area (Å²) in [6, 6.07) is 11.2. The minimum Gasteiger partial charge on any atom is -0.147 e. The molecule has 0 saturated heterocycles. The van der Waals surface area contributed by atoms with Gasteiger partial charge in [0.25, 0.3) is 0 Å². The van der Waals surface area contributed by atoms with E-state index in [0.29, 0.717) is 5.92 Å². The summed E-state index contributed by atoms with van der Waals surface area (Å²) < 4.78 is 14.2. The molecule has 37 heavy (non-hydrogen) atoms. The van der Waals surface area contributed by atoms with Crippen LogP contribution in [-0.2, 0) is 19.4 Å². The summed E-state index contributed by atoms with van der Waals surface area (Å²) in [4.78, 5) is 0. The Hall–Kier alpha value is 0.127. The molecule has 0 radical (unpaired) electrons. The summed E-state index contributed by atoms with van der Waals surface area (Å²) >= 11 is -2.86. The molecule has 0 amide bonds. The number of halogens is 2. The average Bonchev–Trinajstić information content (AvgIpc) is 3.06. The van der Waals surface area contributed by atoms with Crippen molar-refractivity contribution in [2.24, 2.45) is 5.92 Å². The molecule has 2 nitrogen and oxygen atoms in total. The molecule has 1 N–H and O–H groups in total. The maximum Gasteiger partial charge on any atom is -0.147 e. The van der Waals surface area contributed by atoms with Crippen LogP contribution in [0.3, 0.4) is 0 Å². The summed E-state index contributed by atoms with van der Waals surface area (Å²) in [5.41, 5.74) is 4.92. The fourth-order valence-electron chi connectivity index (χ4n) is 6.67. The first-order valence-corrected chi connectivity index (χ1v) is 30.7. The molecule has 0 spiro atoms. The fraction of sp³-hybridized carbons (Fsp3) is 0.677. The van der Waals surface area contributed by atoms with Crippen LogP contribution in [0.25, 0.3) is 0 Å². The first-order valence-electron chi connectivity index (χ1n) is 14.8. The summed E-state index contributed by atoms with van der Waals surface area (Å²) in [5, 5.41) is 0. The van der Waals surface area contributed by atoms with Crippen LogP contribution >= 0.6 is 24.8 Å². The van der Waals surface area contributed by atoms with Crippen molar-refractivity contribution >= 4 is 31.5 Å². The third-order valence-electron chi connectivity index (χ3n) is 9.11. The molecule has 0 heterocycles. The molecular formula is C31H55Cl2HfNOSi. The zero-order valence-electron chi connectivity index (χ0n) is 24.4. The van der Waals surface area contributed by atoms with Gasteiger partial charge in [0.05, 0.1) is 0 Å². The second-order valence-electron chi connectivity index (χ2n) is 11.4. The van der Waals surface area contributed by atoms with Crippen LogP contribution < -0.4 is 8.04 Å². The molecule has 1 aromatic rings. The van der Waals surface area contributed by atoms with Gasteiger partial charge in [-0.15, -0.1) is 24.8 Å². The van der Waals surface area contributed by atoms with Gasteiger partial charge in [0.15, 0.2) is 0 Å². The second kappa shape index (κ2) is 18.5.